The maximum absolute atomic E-state index is 9.71. The minimum atomic E-state index is -0.184. The number of aliphatic hydroxyl groups is 1. The van der Waals surface area contributed by atoms with Crippen LogP contribution in [0.3, 0.4) is 0 Å². The van der Waals surface area contributed by atoms with Crippen LogP contribution in [-0.4, -0.2) is 29.3 Å². The first-order valence-electron chi connectivity index (χ1n) is 5.07. The molecule has 2 atom stereocenters. The molecule has 72 valence electrons. The van der Waals surface area contributed by atoms with Crippen LogP contribution >= 0.6 is 0 Å². The van der Waals surface area contributed by atoms with E-state index in [0.717, 1.165) is 31.3 Å². The molecule has 1 aliphatic rings. The first kappa shape index (κ1) is 10.0. The van der Waals surface area contributed by atoms with Crippen molar-refractivity contribution in [3.05, 3.63) is 0 Å². The number of rotatable bonds is 2. The van der Waals surface area contributed by atoms with Gasteiger partial charge in [0.25, 0.3) is 0 Å². The van der Waals surface area contributed by atoms with E-state index in [9.17, 15) is 5.11 Å². The first-order chi connectivity index (χ1) is 5.65. The lowest BCUT2D eigenvalue weighted by Crippen LogP contribution is -2.43. The third-order valence-electron chi connectivity index (χ3n) is 3.07. The van der Waals surface area contributed by atoms with E-state index < -0.39 is 0 Å². The minimum absolute atomic E-state index is 0.184. The largest absolute Gasteiger partial charge is 0.378 e. The van der Waals surface area contributed by atoms with Gasteiger partial charge in [-0.3, -0.25) is 4.90 Å². The van der Waals surface area contributed by atoms with Gasteiger partial charge in [0.1, 0.15) is 6.23 Å². The Kier molecular flexibility index (Phi) is 3.53. The molecule has 0 aromatic heterocycles. The van der Waals surface area contributed by atoms with Crippen LogP contribution in [0.4, 0.5) is 0 Å². The van der Waals surface area contributed by atoms with Gasteiger partial charge in [-0.05, 0) is 31.2 Å². The molecule has 1 saturated heterocycles. The summed E-state index contributed by atoms with van der Waals surface area (Å²) in [5.74, 6) is 1.45. The quantitative estimate of drug-likeness (QED) is 0.683. The molecule has 0 radical (unpaired) electrons. The number of aliphatic hydroxyl groups excluding tert-OH is 1. The number of piperidine rings is 1. The molecule has 0 spiro atoms. The number of nitrogens with zero attached hydrogens (tertiary/aromatic N) is 1. The smallest absolute Gasteiger partial charge is 0.107 e. The van der Waals surface area contributed by atoms with Crippen molar-refractivity contribution in [2.75, 3.05) is 13.1 Å². The normalized spacial score (nSPS) is 32.8. The van der Waals surface area contributed by atoms with Gasteiger partial charge in [-0.15, -0.1) is 0 Å². The van der Waals surface area contributed by atoms with E-state index >= 15 is 0 Å². The van der Waals surface area contributed by atoms with Crippen molar-refractivity contribution >= 4 is 0 Å². The lowest BCUT2D eigenvalue weighted by Gasteiger charge is -2.37. The predicted molar refractivity (Wildman–Crippen MR) is 50.8 cm³/mol. The van der Waals surface area contributed by atoms with Crippen molar-refractivity contribution in [3.63, 3.8) is 0 Å². The Balaban J connectivity index is 2.40. The second-order valence-electron chi connectivity index (χ2n) is 4.14. The van der Waals surface area contributed by atoms with Crippen molar-refractivity contribution in [3.8, 4) is 0 Å². The summed E-state index contributed by atoms with van der Waals surface area (Å²) in [5, 5.41) is 9.71. The maximum atomic E-state index is 9.71. The van der Waals surface area contributed by atoms with Gasteiger partial charge in [0.2, 0.25) is 0 Å². The third-order valence-corrected chi connectivity index (χ3v) is 3.07. The molecule has 0 aromatic rings. The van der Waals surface area contributed by atoms with E-state index in [-0.39, 0.29) is 6.23 Å². The summed E-state index contributed by atoms with van der Waals surface area (Å²) in [6, 6.07) is 0. The van der Waals surface area contributed by atoms with Crippen LogP contribution in [0.1, 0.15) is 33.6 Å². The van der Waals surface area contributed by atoms with Crippen LogP contribution in [0, 0.1) is 11.8 Å². The standard InChI is InChI=1S/C10H21NO/c1-4-11-6-5-9(8(2)3)7-10(11)12/h8-10,12H,4-7H2,1-3H3. The summed E-state index contributed by atoms with van der Waals surface area (Å²) < 4.78 is 0. The molecule has 1 heterocycles. The van der Waals surface area contributed by atoms with Crippen LogP contribution < -0.4 is 0 Å². The topological polar surface area (TPSA) is 23.5 Å². The first-order valence-corrected chi connectivity index (χ1v) is 5.07. The van der Waals surface area contributed by atoms with Gasteiger partial charge in [-0.2, -0.15) is 0 Å². The van der Waals surface area contributed by atoms with Crippen molar-refractivity contribution in [2.24, 2.45) is 11.8 Å². The average molecular weight is 171 g/mol. The molecular formula is C10H21NO. The lowest BCUT2D eigenvalue weighted by molar-refractivity contribution is -0.0466. The van der Waals surface area contributed by atoms with Gasteiger partial charge in [-0.1, -0.05) is 20.8 Å². The molecule has 0 amide bonds. The highest BCUT2D eigenvalue weighted by molar-refractivity contribution is 4.76. The fourth-order valence-corrected chi connectivity index (χ4v) is 1.99. The Labute approximate surface area is 75.6 Å². The van der Waals surface area contributed by atoms with Crippen molar-refractivity contribution in [2.45, 2.75) is 39.8 Å². The molecule has 0 saturated carbocycles. The molecule has 1 N–H and O–H groups in total. The Bertz CT molecular complexity index is 136. The summed E-state index contributed by atoms with van der Waals surface area (Å²) in [5.41, 5.74) is 0. The molecule has 0 aliphatic carbocycles. The van der Waals surface area contributed by atoms with Crippen LogP contribution in [0.2, 0.25) is 0 Å². The lowest BCUT2D eigenvalue weighted by atomic mass is 9.86. The van der Waals surface area contributed by atoms with Gasteiger partial charge >= 0.3 is 0 Å². The van der Waals surface area contributed by atoms with Crippen LogP contribution in [0.5, 0.6) is 0 Å². The van der Waals surface area contributed by atoms with Crippen molar-refractivity contribution in [1.29, 1.82) is 0 Å². The third kappa shape index (κ3) is 2.20. The summed E-state index contributed by atoms with van der Waals surface area (Å²) in [4.78, 5) is 2.15. The summed E-state index contributed by atoms with van der Waals surface area (Å²) in [6.07, 6.45) is 2.03. The highest BCUT2D eigenvalue weighted by atomic mass is 16.3. The zero-order chi connectivity index (χ0) is 9.14. The highest BCUT2D eigenvalue weighted by Crippen LogP contribution is 2.27. The van der Waals surface area contributed by atoms with Crippen LogP contribution in [-0.2, 0) is 0 Å². The fraction of sp³-hybridized carbons (Fsp3) is 1.00. The molecule has 2 nitrogen and oxygen atoms in total. The number of likely N-dealkylation sites (tertiary alicyclic amines) is 1. The van der Waals surface area contributed by atoms with E-state index in [1.807, 2.05) is 0 Å². The molecular weight excluding hydrogens is 150 g/mol. The molecule has 0 bridgehead atoms. The predicted octanol–water partition coefficient (Wildman–Crippen LogP) is 1.69. The molecule has 2 heteroatoms. The SMILES string of the molecule is CCN1CCC(C(C)C)CC1O. The summed E-state index contributed by atoms with van der Waals surface area (Å²) in [6.45, 7) is 8.66. The number of hydrogen-bond acceptors (Lipinski definition) is 2. The van der Waals surface area contributed by atoms with Gasteiger partial charge in [0.05, 0.1) is 0 Å². The van der Waals surface area contributed by atoms with Gasteiger partial charge < -0.3 is 5.11 Å². The van der Waals surface area contributed by atoms with E-state index in [1.165, 1.54) is 6.42 Å². The van der Waals surface area contributed by atoms with E-state index in [2.05, 4.69) is 25.7 Å². The molecule has 2 unspecified atom stereocenters. The Morgan fingerprint density at radius 2 is 2.17 bits per heavy atom. The molecule has 12 heavy (non-hydrogen) atoms. The summed E-state index contributed by atoms with van der Waals surface area (Å²) in [7, 11) is 0. The van der Waals surface area contributed by atoms with Crippen molar-refractivity contribution in [1.82, 2.24) is 4.90 Å². The zero-order valence-electron chi connectivity index (χ0n) is 8.45. The molecule has 1 aliphatic heterocycles. The second-order valence-corrected chi connectivity index (χ2v) is 4.14. The second kappa shape index (κ2) is 4.24. The van der Waals surface area contributed by atoms with Gasteiger partial charge in [-0.25, -0.2) is 0 Å². The fourth-order valence-electron chi connectivity index (χ4n) is 1.99. The Hall–Kier alpha value is -0.0800. The van der Waals surface area contributed by atoms with Crippen molar-refractivity contribution < 1.29 is 5.11 Å². The molecule has 1 fully saturated rings. The van der Waals surface area contributed by atoms with Crippen LogP contribution in [0.15, 0.2) is 0 Å². The van der Waals surface area contributed by atoms with Gasteiger partial charge in [0.15, 0.2) is 0 Å². The van der Waals surface area contributed by atoms with E-state index in [0.29, 0.717) is 0 Å². The highest BCUT2D eigenvalue weighted by Gasteiger charge is 2.27. The average Bonchev–Trinajstić information content (AvgIpc) is 2.04. The van der Waals surface area contributed by atoms with E-state index in [4.69, 9.17) is 0 Å². The molecule has 0 aromatic carbocycles. The monoisotopic (exact) mass is 171 g/mol. The zero-order valence-corrected chi connectivity index (χ0v) is 8.45. The van der Waals surface area contributed by atoms with E-state index in [1.54, 1.807) is 0 Å². The van der Waals surface area contributed by atoms with Crippen LogP contribution in [0.25, 0.3) is 0 Å². The number of hydrogen-bond donors (Lipinski definition) is 1. The summed E-state index contributed by atoms with van der Waals surface area (Å²) >= 11 is 0. The maximum Gasteiger partial charge on any atom is 0.107 e. The molecule has 1 rings (SSSR count). The Morgan fingerprint density at radius 3 is 2.58 bits per heavy atom. The van der Waals surface area contributed by atoms with Gasteiger partial charge in [0, 0.05) is 6.54 Å². The Morgan fingerprint density at radius 1 is 1.50 bits per heavy atom. The minimum Gasteiger partial charge on any atom is -0.378 e.